The molecular formula is C16H26N4O3S2. The molecule has 1 amide bonds. The van der Waals surface area contributed by atoms with E-state index in [-0.39, 0.29) is 23.3 Å². The number of hydrogen-bond donors (Lipinski definition) is 0. The Bertz CT molecular complexity index is 732. The van der Waals surface area contributed by atoms with E-state index in [2.05, 4.69) is 17.1 Å². The normalized spacial score (nSPS) is 26.1. The number of hydrogen-bond acceptors (Lipinski definition) is 6. The Kier molecular flexibility index (Phi) is 5.72. The summed E-state index contributed by atoms with van der Waals surface area (Å²) in [6.45, 7) is 2.96. The number of carbonyl (C=O) groups excluding carboxylic acids is 1. The molecule has 0 saturated carbocycles. The lowest BCUT2D eigenvalue weighted by atomic mass is 10.0. The number of carbonyl (C=O) groups is 1. The van der Waals surface area contributed by atoms with Crippen LogP contribution in [0.3, 0.4) is 0 Å². The average Bonchev–Trinajstić information content (AvgIpc) is 3.08. The topological polar surface area (TPSA) is 85.2 Å². The van der Waals surface area contributed by atoms with Gasteiger partial charge in [0.1, 0.15) is 5.82 Å². The minimum atomic E-state index is -2.87. The Morgan fingerprint density at radius 3 is 2.76 bits per heavy atom. The van der Waals surface area contributed by atoms with Gasteiger partial charge in [-0.05, 0) is 38.5 Å². The fraction of sp³-hybridized carbons (Fsp3) is 0.812. The molecule has 0 N–H and O–H groups in total. The van der Waals surface area contributed by atoms with E-state index in [1.54, 1.807) is 0 Å². The van der Waals surface area contributed by atoms with Gasteiger partial charge in [-0.2, -0.15) is 0 Å². The summed E-state index contributed by atoms with van der Waals surface area (Å²) in [5, 5.41) is 9.11. The van der Waals surface area contributed by atoms with Crippen molar-refractivity contribution in [2.75, 3.05) is 23.8 Å². The molecule has 1 aromatic heterocycles. The molecule has 0 aromatic carbocycles. The molecule has 3 heterocycles. The first-order valence-corrected chi connectivity index (χ1v) is 11.7. The zero-order valence-electron chi connectivity index (χ0n) is 14.8. The summed E-state index contributed by atoms with van der Waals surface area (Å²) < 4.78 is 25.1. The van der Waals surface area contributed by atoms with Gasteiger partial charge in [-0.3, -0.25) is 4.79 Å². The van der Waals surface area contributed by atoms with E-state index in [4.69, 9.17) is 0 Å². The van der Waals surface area contributed by atoms with Gasteiger partial charge in [-0.25, -0.2) is 8.42 Å². The summed E-state index contributed by atoms with van der Waals surface area (Å²) in [5.41, 5.74) is 0. The van der Waals surface area contributed by atoms with Crippen LogP contribution < -0.4 is 0 Å². The summed E-state index contributed by atoms with van der Waals surface area (Å²) in [4.78, 5) is 14.4. The molecule has 9 heteroatoms. The number of aromatic nitrogens is 3. The second kappa shape index (κ2) is 7.65. The third-order valence-corrected chi connectivity index (χ3v) is 8.01. The molecule has 2 aliphatic rings. The molecule has 3 rings (SSSR count). The summed E-state index contributed by atoms with van der Waals surface area (Å²) in [7, 11) is -0.990. The van der Waals surface area contributed by atoms with Crippen molar-refractivity contribution in [1.29, 1.82) is 0 Å². The zero-order chi connectivity index (χ0) is 18.0. The van der Waals surface area contributed by atoms with Gasteiger partial charge in [0, 0.05) is 26.1 Å². The van der Waals surface area contributed by atoms with Crippen molar-refractivity contribution >= 4 is 27.5 Å². The minimum Gasteiger partial charge on any atom is -0.339 e. The van der Waals surface area contributed by atoms with Crippen LogP contribution in [0.4, 0.5) is 0 Å². The molecule has 0 bridgehead atoms. The summed E-state index contributed by atoms with van der Waals surface area (Å²) in [5.74, 6) is 1.97. The lowest BCUT2D eigenvalue weighted by molar-refractivity contribution is -0.131. The predicted molar refractivity (Wildman–Crippen MR) is 97.2 cm³/mol. The van der Waals surface area contributed by atoms with Gasteiger partial charge in [-0.15, -0.1) is 10.2 Å². The molecule has 1 aromatic rings. The van der Waals surface area contributed by atoms with Crippen LogP contribution in [0.1, 0.15) is 38.4 Å². The van der Waals surface area contributed by atoms with Crippen LogP contribution in [0.2, 0.25) is 0 Å². The van der Waals surface area contributed by atoms with Crippen molar-refractivity contribution in [1.82, 2.24) is 19.7 Å². The van der Waals surface area contributed by atoms with Crippen LogP contribution in [0, 0.1) is 5.92 Å². The van der Waals surface area contributed by atoms with Gasteiger partial charge >= 0.3 is 0 Å². The lowest BCUT2D eigenvalue weighted by Crippen LogP contribution is -2.42. The third-order valence-electron chi connectivity index (χ3n) is 5.17. The predicted octanol–water partition coefficient (Wildman–Crippen LogP) is 1.29. The smallest absolute Gasteiger partial charge is 0.233 e. The highest BCUT2D eigenvalue weighted by atomic mass is 32.2. The molecule has 2 fully saturated rings. The van der Waals surface area contributed by atoms with E-state index in [1.807, 2.05) is 16.5 Å². The number of rotatable bonds is 5. The van der Waals surface area contributed by atoms with Crippen molar-refractivity contribution in [3.63, 3.8) is 0 Å². The standard InChI is InChI=1S/C16H26N4O3S2/c1-12-5-3-4-7-20(12)15(21)10-24-16-18-17-14(19(16)2)9-13-6-8-25(22,23)11-13/h12-13H,3-11H2,1-2H3/t12-,13+/m0/s1. The first kappa shape index (κ1) is 18.7. The van der Waals surface area contributed by atoms with E-state index in [0.29, 0.717) is 29.8 Å². The van der Waals surface area contributed by atoms with Gasteiger partial charge in [0.25, 0.3) is 0 Å². The van der Waals surface area contributed by atoms with Crippen molar-refractivity contribution in [3.8, 4) is 0 Å². The van der Waals surface area contributed by atoms with Crippen LogP contribution >= 0.6 is 11.8 Å². The van der Waals surface area contributed by atoms with E-state index in [1.165, 1.54) is 18.2 Å². The monoisotopic (exact) mass is 386 g/mol. The van der Waals surface area contributed by atoms with Gasteiger partial charge in [-0.1, -0.05) is 11.8 Å². The van der Waals surface area contributed by atoms with Crippen molar-refractivity contribution in [3.05, 3.63) is 5.82 Å². The van der Waals surface area contributed by atoms with Crippen LogP contribution in [-0.2, 0) is 28.1 Å². The number of amides is 1. The Morgan fingerprint density at radius 1 is 1.28 bits per heavy atom. The van der Waals surface area contributed by atoms with E-state index < -0.39 is 9.84 Å². The summed E-state index contributed by atoms with van der Waals surface area (Å²) in [6, 6.07) is 0.321. The molecular weight excluding hydrogens is 360 g/mol. The Labute approximate surface area is 153 Å². The molecule has 0 unspecified atom stereocenters. The van der Waals surface area contributed by atoms with Gasteiger partial charge < -0.3 is 9.47 Å². The molecule has 0 aliphatic carbocycles. The van der Waals surface area contributed by atoms with Crippen LogP contribution in [0.5, 0.6) is 0 Å². The van der Waals surface area contributed by atoms with Crippen molar-refractivity contribution < 1.29 is 13.2 Å². The van der Waals surface area contributed by atoms with Gasteiger partial charge in [0.05, 0.1) is 17.3 Å². The number of sulfone groups is 1. The van der Waals surface area contributed by atoms with Crippen molar-refractivity contribution in [2.24, 2.45) is 13.0 Å². The average molecular weight is 387 g/mol. The van der Waals surface area contributed by atoms with Gasteiger partial charge in [0.2, 0.25) is 5.91 Å². The second-order valence-corrected chi connectivity index (χ2v) is 10.3. The maximum atomic E-state index is 12.4. The molecule has 25 heavy (non-hydrogen) atoms. The van der Waals surface area contributed by atoms with Crippen LogP contribution in [0.15, 0.2) is 5.16 Å². The highest BCUT2D eigenvalue weighted by Crippen LogP contribution is 2.24. The molecule has 140 valence electrons. The number of thioether (sulfide) groups is 1. The molecule has 7 nitrogen and oxygen atoms in total. The first-order chi connectivity index (χ1) is 11.9. The van der Waals surface area contributed by atoms with E-state index in [9.17, 15) is 13.2 Å². The highest BCUT2D eigenvalue weighted by molar-refractivity contribution is 7.99. The molecule has 2 aliphatic heterocycles. The molecule has 0 radical (unpaired) electrons. The summed E-state index contributed by atoms with van der Waals surface area (Å²) >= 11 is 1.41. The van der Waals surface area contributed by atoms with Crippen LogP contribution in [-0.4, -0.2) is 63.8 Å². The van der Waals surface area contributed by atoms with E-state index in [0.717, 1.165) is 25.2 Å². The minimum absolute atomic E-state index is 0.126. The fourth-order valence-corrected chi connectivity index (χ4v) is 6.30. The molecule has 2 saturated heterocycles. The maximum Gasteiger partial charge on any atom is 0.233 e. The SMILES string of the molecule is C[C@H]1CCCCN1C(=O)CSc1nnc(C[C@H]2CCS(=O)(=O)C2)n1C. The third kappa shape index (κ3) is 4.55. The maximum absolute atomic E-state index is 12.4. The Balaban J connectivity index is 1.55. The number of nitrogens with zero attached hydrogens (tertiary/aromatic N) is 4. The highest BCUT2D eigenvalue weighted by Gasteiger charge is 2.29. The largest absolute Gasteiger partial charge is 0.339 e. The quantitative estimate of drug-likeness (QED) is 0.709. The fourth-order valence-electron chi connectivity index (χ4n) is 3.62. The second-order valence-electron chi connectivity index (χ2n) is 7.15. The van der Waals surface area contributed by atoms with Crippen LogP contribution in [0.25, 0.3) is 0 Å². The zero-order valence-corrected chi connectivity index (χ0v) is 16.5. The Hall–Kier alpha value is -1.09. The lowest BCUT2D eigenvalue weighted by Gasteiger charge is -2.33. The molecule has 2 atom stereocenters. The van der Waals surface area contributed by atoms with E-state index >= 15 is 0 Å². The summed E-state index contributed by atoms with van der Waals surface area (Å²) in [6.07, 6.45) is 4.68. The Morgan fingerprint density at radius 2 is 2.08 bits per heavy atom. The van der Waals surface area contributed by atoms with Crippen molar-refractivity contribution in [2.45, 2.75) is 50.2 Å². The first-order valence-electron chi connectivity index (χ1n) is 8.86. The van der Waals surface area contributed by atoms with Gasteiger partial charge in [0.15, 0.2) is 15.0 Å². The molecule has 0 spiro atoms. The number of likely N-dealkylation sites (tertiary alicyclic amines) is 1. The number of piperidine rings is 1.